The minimum absolute atomic E-state index is 0.244. The van der Waals surface area contributed by atoms with Gasteiger partial charge in [-0.3, -0.25) is 4.79 Å². The van der Waals surface area contributed by atoms with E-state index in [4.69, 9.17) is 20.4 Å². The average molecular weight is 224 g/mol. The van der Waals surface area contributed by atoms with E-state index < -0.39 is 37.0 Å². The van der Waals surface area contributed by atoms with Crippen molar-refractivity contribution >= 4 is 5.97 Å². The van der Waals surface area contributed by atoms with E-state index in [-0.39, 0.29) is 12.8 Å². The molecule has 6 N–H and O–H groups in total. The van der Waals surface area contributed by atoms with Crippen LogP contribution in [-0.4, -0.2) is 67.6 Å². The molecule has 0 aromatic heterocycles. The van der Waals surface area contributed by atoms with E-state index in [2.05, 4.69) is 0 Å². The van der Waals surface area contributed by atoms with Gasteiger partial charge in [-0.2, -0.15) is 0 Å². The summed E-state index contributed by atoms with van der Waals surface area (Å²) in [6.07, 6.45) is -7.03. The van der Waals surface area contributed by atoms with Crippen LogP contribution in [-0.2, 0) is 4.79 Å². The number of hydrogen-bond acceptors (Lipinski definition) is 6. The first kappa shape index (κ1) is 14.3. The number of carboxylic acid groups (broad SMARTS) is 1. The summed E-state index contributed by atoms with van der Waals surface area (Å²) in [5.41, 5.74) is 0. The number of carboxylic acids is 1. The number of hydrogen-bond donors (Lipinski definition) is 6. The van der Waals surface area contributed by atoms with Crippen LogP contribution >= 0.6 is 0 Å². The molecular weight excluding hydrogens is 208 g/mol. The number of rotatable bonds is 7. The third kappa shape index (κ3) is 5.05. The van der Waals surface area contributed by atoms with Crippen molar-refractivity contribution in [1.29, 1.82) is 0 Å². The van der Waals surface area contributed by atoms with Crippen LogP contribution in [0.5, 0.6) is 0 Å². The molecule has 4 atom stereocenters. The summed E-state index contributed by atoms with van der Waals surface area (Å²) >= 11 is 0. The highest BCUT2D eigenvalue weighted by Crippen LogP contribution is 2.09. The third-order valence-electron chi connectivity index (χ3n) is 1.98. The van der Waals surface area contributed by atoms with Crippen molar-refractivity contribution in [2.45, 2.75) is 37.3 Å². The molecule has 0 heterocycles. The average Bonchev–Trinajstić information content (AvgIpc) is 2.22. The second kappa shape index (κ2) is 6.70. The molecule has 0 fully saturated rings. The number of aliphatic hydroxyl groups excluding tert-OH is 5. The summed E-state index contributed by atoms with van der Waals surface area (Å²) in [6, 6.07) is 0. The lowest BCUT2D eigenvalue weighted by molar-refractivity contribution is -0.140. The Balaban J connectivity index is 4.06. The molecule has 0 radical (unpaired) electrons. The lowest BCUT2D eigenvalue weighted by Gasteiger charge is -2.25. The van der Waals surface area contributed by atoms with Gasteiger partial charge < -0.3 is 30.6 Å². The highest BCUT2D eigenvalue weighted by molar-refractivity contribution is 5.66. The topological polar surface area (TPSA) is 138 Å². The molecule has 7 heteroatoms. The van der Waals surface area contributed by atoms with Gasteiger partial charge in [0.1, 0.15) is 18.3 Å². The van der Waals surface area contributed by atoms with Crippen LogP contribution in [0.1, 0.15) is 12.8 Å². The molecular formula is C8H16O7. The Morgan fingerprint density at radius 2 is 1.47 bits per heavy atom. The molecule has 0 rings (SSSR count). The molecule has 0 spiro atoms. The van der Waals surface area contributed by atoms with E-state index in [0.717, 1.165) is 0 Å². The summed E-state index contributed by atoms with van der Waals surface area (Å²) in [7, 11) is 0. The van der Waals surface area contributed by atoms with Crippen LogP contribution < -0.4 is 0 Å². The molecule has 0 aliphatic rings. The van der Waals surface area contributed by atoms with Gasteiger partial charge in [0.2, 0.25) is 0 Å². The molecule has 0 aromatic rings. The molecule has 0 aliphatic carbocycles. The van der Waals surface area contributed by atoms with Gasteiger partial charge >= 0.3 is 5.97 Å². The smallest absolute Gasteiger partial charge is 0.303 e. The Morgan fingerprint density at radius 1 is 1.00 bits per heavy atom. The third-order valence-corrected chi connectivity index (χ3v) is 1.98. The molecule has 0 aliphatic heterocycles. The van der Waals surface area contributed by atoms with Gasteiger partial charge in [0.15, 0.2) is 0 Å². The van der Waals surface area contributed by atoms with Crippen molar-refractivity contribution in [2.75, 3.05) is 6.61 Å². The fourth-order valence-electron chi connectivity index (χ4n) is 1.01. The van der Waals surface area contributed by atoms with Gasteiger partial charge in [-0.1, -0.05) is 0 Å². The Labute approximate surface area is 86.2 Å². The Hall–Kier alpha value is -0.730. The summed E-state index contributed by atoms with van der Waals surface area (Å²) in [4.78, 5) is 10.1. The predicted octanol–water partition coefficient (Wildman–Crippen LogP) is -2.71. The van der Waals surface area contributed by atoms with E-state index >= 15 is 0 Å². The van der Waals surface area contributed by atoms with Crippen LogP contribution in [0.4, 0.5) is 0 Å². The highest BCUT2D eigenvalue weighted by atomic mass is 16.4. The Bertz CT molecular complexity index is 195. The normalized spacial score (nSPS) is 19.3. The van der Waals surface area contributed by atoms with Crippen LogP contribution in [0.2, 0.25) is 0 Å². The van der Waals surface area contributed by atoms with Gasteiger partial charge in [0.25, 0.3) is 0 Å². The van der Waals surface area contributed by atoms with Gasteiger partial charge in [-0.15, -0.1) is 0 Å². The minimum atomic E-state index is -1.71. The van der Waals surface area contributed by atoms with E-state index in [1.807, 2.05) is 0 Å². The summed E-state index contributed by atoms with van der Waals surface area (Å²) < 4.78 is 0. The van der Waals surface area contributed by atoms with Crippen LogP contribution in [0.15, 0.2) is 0 Å². The first-order valence-corrected chi connectivity index (χ1v) is 4.45. The molecule has 0 amide bonds. The maximum atomic E-state index is 10.1. The Kier molecular flexibility index (Phi) is 6.37. The highest BCUT2D eigenvalue weighted by Gasteiger charge is 2.29. The van der Waals surface area contributed by atoms with E-state index in [1.165, 1.54) is 0 Å². The lowest BCUT2D eigenvalue weighted by Crippen LogP contribution is -2.45. The first-order chi connectivity index (χ1) is 6.90. The number of carbonyl (C=O) groups is 1. The van der Waals surface area contributed by atoms with Gasteiger partial charge in [0.05, 0.1) is 12.7 Å². The van der Waals surface area contributed by atoms with E-state index in [1.54, 1.807) is 0 Å². The standard InChI is InChI=1S/C8H16O7/c9-3-5(11)8(15)7(14)4(10)1-2-6(12)13/h4-5,7-11,14-15H,1-3H2,(H,12,13). The summed E-state index contributed by atoms with van der Waals surface area (Å²) in [5.74, 6) is -1.14. The first-order valence-electron chi connectivity index (χ1n) is 4.45. The summed E-state index contributed by atoms with van der Waals surface area (Å²) in [5, 5.41) is 53.3. The lowest BCUT2D eigenvalue weighted by atomic mass is 10.00. The maximum Gasteiger partial charge on any atom is 0.303 e. The van der Waals surface area contributed by atoms with E-state index in [0.29, 0.717) is 0 Å². The second-order valence-electron chi connectivity index (χ2n) is 3.23. The summed E-state index contributed by atoms with van der Waals surface area (Å²) in [6.45, 7) is -0.760. The maximum absolute atomic E-state index is 10.1. The van der Waals surface area contributed by atoms with Gasteiger partial charge in [-0.05, 0) is 6.42 Å². The second-order valence-corrected chi connectivity index (χ2v) is 3.23. The van der Waals surface area contributed by atoms with Crippen molar-refractivity contribution in [2.24, 2.45) is 0 Å². The molecule has 15 heavy (non-hydrogen) atoms. The quantitative estimate of drug-likeness (QED) is 0.276. The SMILES string of the molecule is O=C(O)CCC(O)C(O)C(O)C(O)CO. The molecule has 0 aromatic carbocycles. The molecule has 0 bridgehead atoms. The van der Waals surface area contributed by atoms with Crippen molar-refractivity contribution in [1.82, 2.24) is 0 Å². The van der Waals surface area contributed by atoms with Crippen molar-refractivity contribution in [3.05, 3.63) is 0 Å². The molecule has 4 unspecified atom stereocenters. The van der Waals surface area contributed by atoms with Crippen molar-refractivity contribution in [3.63, 3.8) is 0 Å². The van der Waals surface area contributed by atoms with E-state index in [9.17, 15) is 15.0 Å². The zero-order valence-corrected chi connectivity index (χ0v) is 8.02. The largest absolute Gasteiger partial charge is 0.481 e. The minimum Gasteiger partial charge on any atom is -0.481 e. The monoisotopic (exact) mass is 224 g/mol. The fraction of sp³-hybridized carbons (Fsp3) is 0.875. The fourth-order valence-corrected chi connectivity index (χ4v) is 1.01. The van der Waals surface area contributed by atoms with Gasteiger partial charge in [0, 0.05) is 6.42 Å². The molecule has 0 saturated carbocycles. The molecule has 7 nitrogen and oxygen atoms in total. The number of aliphatic carboxylic acids is 1. The Morgan fingerprint density at radius 3 is 1.87 bits per heavy atom. The van der Waals surface area contributed by atoms with Gasteiger partial charge in [-0.25, -0.2) is 0 Å². The van der Waals surface area contributed by atoms with Crippen LogP contribution in [0, 0.1) is 0 Å². The molecule has 90 valence electrons. The zero-order valence-electron chi connectivity index (χ0n) is 8.02. The molecule has 0 saturated heterocycles. The van der Waals surface area contributed by atoms with Crippen molar-refractivity contribution in [3.8, 4) is 0 Å². The zero-order chi connectivity index (χ0) is 12.0. The van der Waals surface area contributed by atoms with Crippen LogP contribution in [0.3, 0.4) is 0 Å². The van der Waals surface area contributed by atoms with Crippen LogP contribution in [0.25, 0.3) is 0 Å². The number of aliphatic hydroxyl groups is 5. The van der Waals surface area contributed by atoms with Crippen molar-refractivity contribution < 1.29 is 35.4 Å². The predicted molar refractivity (Wildman–Crippen MR) is 48.0 cm³/mol.